The highest BCUT2D eigenvalue weighted by molar-refractivity contribution is 7.99. The molecule has 0 aliphatic carbocycles. The third-order valence-electron chi connectivity index (χ3n) is 7.37. The van der Waals surface area contributed by atoms with Gasteiger partial charge in [-0.3, -0.25) is 0 Å². The van der Waals surface area contributed by atoms with Crippen molar-refractivity contribution in [2.45, 2.75) is 43.6 Å². The summed E-state index contributed by atoms with van der Waals surface area (Å²) in [4.78, 5) is 16.3. The standard InChI is InChI=1S/C35H36N2O5S/c1-3-19-40-35(39)37-21-26-7-6-8-30(20-26)27-14-16-29(17-15-27)34-41-31(23-43-32-9-4-5-18-36-32)24(2)33(42-34)28-12-10-25(22-38)11-13-28/h3-18,20,24,31,33-34,38H,1,19,21-23H2,2H3,(H,37,39)/t24-,31+,33+,34+/m0/s1. The first-order chi connectivity index (χ1) is 21.0. The van der Waals surface area contributed by atoms with Crippen LogP contribution in [0.2, 0.25) is 0 Å². The number of aromatic nitrogens is 1. The molecule has 5 rings (SSSR count). The van der Waals surface area contributed by atoms with Crippen molar-refractivity contribution in [1.82, 2.24) is 10.3 Å². The second-order valence-corrected chi connectivity index (χ2v) is 11.4. The zero-order valence-corrected chi connectivity index (χ0v) is 24.9. The number of rotatable bonds is 11. The van der Waals surface area contributed by atoms with E-state index >= 15 is 0 Å². The maximum Gasteiger partial charge on any atom is 0.407 e. The molecule has 1 aromatic heterocycles. The zero-order chi connectivity index (χ0) is 30.0. The zero-order valence-electron chi connectivity index (χ0n) is 24.1. The van der Waals surface area contributed by atoms with Gasteiger partial charge in [-0.25, -0.2) is 9.78 Å². The topological polar surface area (TPSA) is 89.9 Å². The number of carbonyl (C=O) groups is 1. The number of ether oxygens (including phenoxy) is 3. The van der Waals surface area contributed by atoms with Gasteiger partial charge >= 0.3 is 6.09 Å². The van der Waals surface area contributed by atoms with E-state index in [0.29, 0.717) is 6.54 Å². The normalized spacial score (nSPS) is 19.9. The summed E-state index contributed by atoms with van der Waals surface area (Å²) in [7, 11) is 0. The van der Waals surface area contributed by atoms with Gasteiger partial charge in [0.15, 0.2) is 6.29 Å². The van der Waals surface area contributed by atoms with Crippen LogP contribution in [0.1, 0.15) is 41.6 Å². The number of amides is 1. The molecule has 0 unspecified atom stereocenters. The molecule has 0 bridgehead atoms. The fourth-order valence-corrected chi connectivity index (χ4v) is 5.99. The minimum atomic E-state index is -0.542. The number of benzene rings is 3. The molecular formula is C35H36N2O5S. The number of pyridine rings is 1. The van der Waals surface area contributed by atoms with E-state index in [0.717, 1.165) is 44.2 Å². The summed E-state index contributed by atoms with van der Waals surface area (Å²) in [6, 6.07) is 30.1. The van der Waals surface area contributed by atoms with Gasteiger partial charge in [0.25, 0.3) is 0 Å². The number of carbonyl (C=O) groups excluding carboxylic acids is 1. The monoisotopic (exact) mass is 596 g/mol. The molecule has 1 aliphatic heterocycles. The maximum absolute atomic E-state index is 11.8. The molecule has 7 nitrogen and oxygen atoms in total. The van der Waals surface area contributed by atoms with Crippen LogP contribution in [-0.4, -0.2) is 34.6 Å². The van der Waals surface area contributed by atoms with Gasteiger partial charge in [-0.15, -0.1) is 11.8 Å². The molecular weight excluding hydrogens is 560 g/mol. The van der Waals surface area contributed by atoms with Crippen LogP contribution in [0.4, 0.5) is 4.79 Å². The number of nitrogens with one attached hydrogen (secondary N) is 1. The van der Waals surface area contributed by atoms with Gasteiger partial charge in [0, 0.05) is 30.0 Å². The number of aliphatic hydroxyl groups is 1. The molecule has 4 atom stereocenters. The second kappa shape index (κ2) is 15.0. The SMILES string of the molecule is C=CCOC(=O)NCc1cccc(-c2ccc([C@@H]3O[C@H](CSc4ccccn4)[C@H](C)[C@H](c4ccc(CO)cc4)O3)cc2)c1. The Kier molecular flexibility index (Phi) is 10.6. The summed E-state index contributed by atoms with van der Waals surface area (Å²) in [5, 5.41) is 13.2. The average molecular weight is 597 g/mol. The molecule has 43 heavy (non-hydrogen) atoms. The Labute approximate surface area is 256 Å². The summed E-state index contributed by atoms with van der Waals surface area (Å²) in [5.74, 6) is 0.834. The lowest BCUT2D eigenvalue weighted by atomic mass is 9.91. The predicted molar refractivity (Wildman–Crippen MR) is 168 cm³/mol. The highest BCUT2D eigenvalue weighted by atomic mass is 32.2. The highest BCUT2D eigenvalue weighted by Gasteiger charge is 2.38. The van der Waals surface area contributed by atoms with Crippen molar-refractivity contribution in [1.29, 1.82) is 0 Å². The Morgan fingerprint density at radius 3 is 2.49 bits per heavy atom. The number of thioether (sulfide) groups is 1. The summed E-state index contributed by atoms with van der Waals surface area (Å²) in [5.41, 5.74) is 5.90. The van der Waals surface area contributed by atoms with Crippen LogP contribution in [0.3, 0.4) is 0 Å². The molecule has 0 radical (unpaired) electrons. The van der Waals surface area contributed by atoms with E-state index in [2.05, 4.69) is 42.0 Å². The van der Waals surface area contributed by atoms with Crippen LogP contribution < -0.4 is 5.32 Å². The van der Waals surface area contributed by atoms with Crippen molar-refractivity contribution in [3.63, 3.8) is 0 Å². The van der Waals surface area contributed by atoms with Crippen LogP contribution in [0.5, 0.6) is 0 Å². The number of hydrogen-bond acceptors (Lipinski definition) is 7. The van der Waals surface area contributed by atoms with Gasteiger partial charge in [0.05, 0.1) is 23.8 Å². The number of hydrogen-bond donors (Lipinski definition) is 2. The molecule has 1 aliphatic rings. The lowest BCUT2D eigenvalue weighted by molar-refractivity contribution is -0.268. The molecule has 1 fully saturated rings. The van der Waals surface area contributed by atoms with E-state index in [9.17, 15) is 9.90 Å². The molecule has 8 heteroatoms. The Bertz CT molecular complexity index is 1480. The Hall–Kier alpha value is -3.95. The Balaban J connectivity index is 1.32. The molecule has 2 N–H and O–H groups in total. The molecule has 4 aromatic rings. The molecule has 0 spiro atoms. The number of nitrogens with zero attached hydrogens (tertiary/aromatic N) is 1. The first-order valence-electron chi connectivity index (χ1n) is 14.3. The van der Waals surface area contributed by atoms with Gasteiger partial charge in [0.2, 0.25) is 0 Å². The Morgan fingerprint density at radius 2 is 1.77 bits per heavy atom. The van der Waals surface area contributed by atoms with E-state index in [-0.39, 0.29) is 31.3 Å². The van der Waals surface area contributed by atoms with E-state index in [4.69, 9.17) is 14.2 Å². The van der Waals surface area contributed by atoms with Crippen LogP contribution >= 0.6 is 11.8 Å². The summed E-state index contributed by atoms with van der Waals surface area (Å²) in [6.45, 7) is 6.25. The first kappa shape index (κ1) is 30.5. The minimum absolute atomic E-state index is 0.00444. The first-order valence-corrected chi connectivity index (χ1v) is 15.3. The molecule has 1 amide bonds. The fraction of sp³-hybridized carbons (Fsp3) is 0.257. The largest absolute Gasteiger partial charge is 0.445 e. The van der Waals surface area contributed by atoms with Crippen molar-refractivity contribution in [3.05, 3.63) is 132 Å². The van der Waals surface area contributed by atoms with Crippen LogP contribution in [0.25, 0.3) is 11.1 Å². The van der Waals surface area contributed by atoms with Gasteiger partial charge in [-0.05, 0) is 46.0 Å². The molecule has 0 saturated carbocycles. The average Bonchev–Trinajstić information content (AvgIpc) is 3.06. The van der Waals surface area contributed by atoms with Gasteiger partial charge in [-0.2, -0.15) is 0 Å². The second-order valence-electron chi connectivity index (χ2n) is 10.4. The van der Waals surface area contributed by atoms with E-state index in [1.165, 1.54) is 6.08 Å². The van der Waals surface area contributed by atoms with Gasteiger partial charge in [-0.1, -0.05) is 92.4 Å². The van der Waals surface area contributed by atoms with Crippen LogP contribution in [0, 0.1) is 5.92 Å². The van der Waals surface area contributed by atoms with Crippen molar-refractivity contribution in [3.8, 4) is 11.1 Å². The van der Waals surface area contributed by atoms with Crippen molar-refractivity contribution >= 4 is 17.9 Å². The van der Waals surface area contributed by atoms with Crippen LogP contribution in [-0.2, 0) is 27.4 Å². The summed E-state index contributed by atoms with van der Waals surface area (Å²) >= 11 is 1.68. The Morgan fingerprint density at radius 1 is 0.977 bits per heavy atom. The molecule has 3 aromatic carbocycles. The highest BCUT2D eigenvalue weighted by Crippen LogP contribution is 2.43. The minimum Gasteiger partial charge on any atom is -0.445 e. The lowest BCUT2D eigenvalue weighted by Crippen LogP contribution is -2.38. The summed E-state index contributed by atoms with van der Waals surface area (Å²) in [6.07, 6.45) is 2.06. The summed E-state index contributed by atoms with van der Waals surface area (Å²) < 4.78 is 18.2. The van der Waals surface area contributed by atoms with Gasteiger partial charge < -0.3 is 24.6 Å². The van der Waals surface area contributed by atoms with E-state index < -0.39 is 12.4 Å². The van der Waals surface area contributed by atoms with Crippen LogP contribution in [0.15, 0.2) is 115 Å². The maximum atomic E-state index is 11.8. The number of alkyl carbamates (subject to hydrolysis) is 1. The molecule has 222 valence electrons. The molecule has 1 saturated heterocycles. The third-order valence-corrected chi connectivity index (χ3v) is 8.40. The van der Waals surface area contributed by atoms with Gasteiger partial charge in [0.1, 0.15) is 6.61 Å². The molecule has 2 heterocycles. The smallest absolute Gasteiger partial charge is 0.407 e. The van der Waals surface area contributed by atoms with E-state index in [1.54, 1.807) is 18.0 Å². The van der Waals surface area contributed by atoms with Crippen molar-refractivity contribution < 1.29 is 24.1 Å². The predicted octanol–water partition coefficient (Wildman–Crippen LogP) is 7.24. The quantitative estimate of drug-likeness (QED) is 0.139. The van der Waals surface area contributed by atoms with Crippen molar-refractivity contribution in [2.75, 3.05) is 12.4 Å². The van der Waals surface area contributed by atoms with E-state index in [1.807, 2.05) is 72.8 Å². The third kappa shape index (κ3) is 8.12. The van der Waals surface area contributed by atoms with Crippen molar-refractivity contribution in [2.24, 2.45) is 5.92 Å². The number of aliphatic hydroxyl groups excluding tert-OH is 1. The fourth-order valence-electron chi connectivity index (χ4n) is 4.96. The lowest BCUT2D eigenvalue weighted by Gasteiger charge is -2.41.